The summed E-state index contributed by atoms with van der Waals surface area (Å²) in [6.07, 6.45) is 1.66. The Morgan fingerprint density at radius 3 is 2.76 bits per heavy atom. The summed E-state index contributed by atoms with van der Waals surface area (Å²) >= 11 is 0. The maximum Gasteiger partial charge on any atom is 0.191 e. The lowest BCUT2D eigenvalue weighted by atomic mass is 10.1. The van der Waals surface area contributed by atoms with Crippen LogP contribution in [0.1, 0.15) is 48.9 Å². The van der Waals surface area contributed by atoms with Gasteiger partial charge < -0.3 is 15.2 Å². The molecule has 0 aliphatic rings. The van der Waals surface area contributed by atoms with Crippen molar-refractivity contribution in [3.05, 3.63) is 52.4 Å². The van der Waals surface area contributed by atoms with Crippen molar-refractivity contribution in [1.82, 2.24) is 15.8 Å². The van der Waals surface area contributed by atoms with Crippen LogP contribution in [-0.2, 0) is 25.9 Å². The molecular weight excluding hydrogens is 314 g/mol. The van der Waals surface area contributed by atoms with E-state index in [0.29, 0.717) is 18.7 Å². The van der Waals surface area contributed by atoms with Crippen LogP contribution in [-0.4, -0.2) is 17.7 Å². The Kier molecular flexibility index (Phi) is 7.02. The summed E-state index contributed by atoms with van der Waals surface area (Å²) in [6, 6.07) is 9.65. The van der Waals surface area contributed by atoms with Gasteiger partial charge in [0.25, 0.3) is 0 Å². The van der Waals surface area contributed by atoms with E-state index in [9.17, 15) is 0 Å². The number of aromatic nitrogens is 1. The van der Waals surface area contributed by atoms with Crippen molar-refractivity contribution in [2.75, 3.05) is 6.54 Å². The van der Waals surface area contributed by atoms with E-state index >= 15 is 0 Å². The third-order valence-electron chi connectivity index (χ3n) is 3.86. The van der Waals surface area contributed by atoms with Gasteiger partial charge in [-0.25, -0.2) is 4.99 Å². The zero-order valence-corrected chi connectivity index (χ0v) is 15.1. The van der Waals surface area contributed by atoms with Crippen molar-refractivity contribution < 1.29 is 4.52 Å². The molecule has 2 rings (SSSR count). The second-order valence-corrected chi connectivity index (χ2v) is 5.60. The SMILES string of the molecule is CCNC(=NCc1cccc(C#N)c1)NCc1c(CC)noc1CC. The molecule has 6 nitrogen and oxygen atoms in total. The molecular formula is C19H25N5O. The van der Waals surface area contributed by atoms with E-state index in [0.717, 1.165) is 47.9 Å². The van der Waals surface area contributed by atoms with Crippen molar-refractivity contribution in [1.29, 1.82) is 5.26 Å². The number of hydrogen-bond donors (Lipinski definition) is 2. The number of nitrogens with zero attached hydrogens (tertiary/aromatic N) is 3. The number of hydrogen-bond acceptors (Lipinski definition) is 4. The fourth-order valence-corrected chi connectivity index (χ4v) is 2.56. The highest BCUT2D eigenvalue weighted by Gasteiger charge is 2.13. The summed E-state index contributed by atoms with van der Waals surface area (Å²) in [5.41, 5.74) is 3.75. The van der Waals surface area contributed by atoms with E-state index in [4.69, 9.17) is 9.78 Å². The van der Waals surface area contributed by atoms with Crippen LogP contribution in [0.15, 0.2) is 33.8 Å². The maximum absolute atomic E-state index is 8.99. The summed E-state index contributed by atoms with van der Waals surface area (Å²) in [5.74, 6) is 1.65. The molecule has 6 heteroatoms. The summed E-state index contributed by atoms with van der Waals surface area (Å²) in [5, 5.41) is 19.7. The maximum atomic E-state index is 8.99. The molecule has 0 spiro atoms. The number of nitriles is 1. The Hall–Kier alpha value is -2.81. The molecule has 0 atom stereocenters. The van der Waals surface area contributed by atoms with E-state index in [1.807, 2.05) is 25.1 Å². The van der Waals surface area contributed by atoms with Gasteiger partial charge in [-0.2, -0.15) is 5.26 Å². The third kappa shape index (κ3) is 5.08. The van der Waals surface area contributed by atoms with Gasteiger partial charge in [-0.05, 0) is 31.0 Å². The second kappa shape index (κ2) is 9.48. The van der Waals surface area contributed by atoms with Crippen LogP contribution < -0.4 is 10.6 Å². The quantitative estimate of drug-likeness (QED) is 0.598. The molecule has 0 aliphatic carbocycles. The first-order chi connectivity index (χ1) is 12.2. The van der Waals surface area contributed by atoms with Crippen molar-refractivity contribution >= 4 is 5.96 Å². The summed E-state index contributed by atoms with van der Waals surface area (Å²) in [6.45, 7) is 8.07. The smallest absolute Gasteiger partial charge is 0.191 e. The molecule has 0 aliphatic heterocycles. The lowest BCUT2D eigenvalue weighted by molar-refractivity contribution is 0.380. The number of rotatable bonds is 7. The van der Waals surface area contributed by atoms with Crippen molar-refractivity contribution in [3.63, 3.8) is 0 Å². The molecule has 0 amide bonds. The number of nitrogens with one attached hydrogen (secondary N) is 2. The highest BCUT2D eigenvalue weighted by molar-refractivity contribution is 5.79. The Morgan fingerprint density at radius 2 is 2.08 bits per heavy atom. The van der Waals surface area contributed by atoms with Gasteiger partial charge in [-0.15, -0.1) is 0 Å². The molecule has 1 aromatic heterocycles. The minimum atomic E-state index is 0.510. The minimum Gasteiger partial charge on any atom is -0.361 e. The summed E-state index contributed by atoms with van der Waals surface area (Å²) in [7, 11) is 0. The zero-order valence-electron chi connectivity index (χ0n) is 15.1. The molecule has 0 saturated carbocycles. The average molecular weight is 339 g/mol. The van der Waals surface area contributed by atoms with Gasteiger partial charge in [-0.1, -0.05) is 31.1 Å². The molecule has 0 radical (unpaired) electrons. The van der Waals surface area contributed by atoms with Gasteiger partial charge in [0.05, 0.1) is 23.9 Å². The number of aryl methyl sites for hydroxylation is 2. The molecule has 0 fully saturated rings. The number of guanidine groups is 1. The largest absolute Gasteiger partial charge is 0.361 e. The van der Waals surface area contributed by atoms with Crippen LogP contribution in [0.5, 0.6) is 0 Å². The van der Waals surface area contributed by atoms with Gasteiger partial charge in [-0.3, -0.25) is 0 Å². The Labute approximate surface area is 148 Å². The van der Waals surface area contributed by atoms with Gasteiger partial charge >= 0.3 is 0 Å². The highest BCUT2D eigenvalue weighted by Crippen LogP contribution is 2.15. The van der Waals surface area contributed by atoms with Crippen molar-refractivity contribution in [2.45, 2.75) is 46.7 Å². The molecule has 2 N–H and O–H groups in total. The van der Waals surface area contributed by atoms with Crippen LogP contribution in [0.3, 0.4) is 0 Å². The van der Waals surface area contributed by atoms with Gasteiger partial charge in [0.1, 0.15) is 5.76 Å². The van der Waals surface area contributed by atoms with Gasteiger partial charge in [0.15, 0.2) is 5.96 Å². The van der Waals surface area contributed by atoms with Crippen LogP contribution in [0.4, 0.5) is 0 Å². The summed E-state index contributed by atoms with van der Waals surface area (Å²) < 4.78 is 5.40. The minimum absolute atomic E-state index is 0.510. The molecule has 1 heterocycles. The lowest BCUT2D eigenvalue weighted by Gasteiger charge is -2.11. The molecule has 0 bridgehead atoms. The average Bonchev–Trinajstić information content (AvgIpc) is 3.06. The van der Waals surface area contributed by atoms with Crippen LogP contribution in [0, 0.1) is 11.3 Å². The van der Waals surface area contributed by atoms with E-state index in [-0.39, 0.29) is 0 Å². The molecule has 0 saturated heterocycles. The Balaban J connectivity index is 2.07. The first-order valence-corrected chi connectivity index (χ1v) is 8.69. The normalized spacial score (nSPS) is 11.2. The number of benzene rings is 1. The van der Waals surface area contributed by atoms with Crippen molar-refractivity contribution in [2.24, 2.45) is 4.99 Å². The van der Waals surface area contributed by atoms with Crippen LogP contribution in [0.2, 0.25) is 0 Å². The molecule has 1 aromatic carbocycles. The zero-order chi connectivity index (χ0) is 18.1. The fraction of sp³-hybridized carbons (Fsp3) is 0.421. The standard InChI is InChI=1S/C19H25N5O/c1-4-17-16(18(5-2)25-24-17)13-23-19(21-6-3)22-12-15-9-7-8-14(10-15)11-20/h7-10H,4-6,12-13H2,1-3H3,(H2,21,22,23). The van der Waals surface area contributed by atoms with Gasteiger partial charge in [0, 0.05) is 25.1 Å². The predicted molar refractivity (Wildman–Crippen MR) is 98.1 cm³/mol. The predicted octanol–water partition coefficient (Wildman–Crippen LogP) is 2.93. The van der Waals surface area contributed by atoms with E-state index < -0.39 is 0 Å². The molecule has 25 heavy (non-hydrogen) atoms. The first-order valence-electron chi connectivity index (χ1n) is 8.69. The topological polar surface area (TPSA) is 86.2 Å². The summed E-state index contributed by atoms with van der Waals surface area (Å²) in [4.78, 5) is 4.60. The fourth-order valence-electron chi connectivity index (χ4n) is 2.56. The molecule has 2 aromatic rings. The van der Waals surface area contributed by atoms with Crippen LogP contribution in [0.25, 0.3) is 0 Å². The third-order valence-corrected chi connectivity index (χ3v) is 3.86. The van der Waals surface area contributed by atoms with Crippen molar-refractivity contribution in [3.8, 4) is 6.07 Å². The Bertz CT molecular complexity index is 736. The van der Waals surface area contributed by atoms with Gasteiger partial charge in [0.2, 0.25) is 0 Å². The highest BCUT2D eigenvalue weighted by atomic mass is 16.5. The molecule has 132 valence electrons. The number of aliphatic imine (C=N–C) groups is 1. The first kappa shape index (κ1) is 18.5. The Morgan fingerprint density at radius 1 is 1.24 bits per heavy atom. The van der Waals surface area contributed by atoms with E-state index in [1.54, 1.807) is 6.07 Å². The van der Waals surface area contributed by atoms with E-state index in [1.165, 1.54) is 0 Å². The van der Waals surface area contributed by atoms with Crippen LogP contribution >= 0.6 is 0 Å². The lowest BCUT2D eigenvalue weighted by Crippen LogP contribution is -2.37. The van der Waals surface area contributed by atoms with E-state index in [2.05, 4.69) is 40.7 Å². The molecule has 0 unspecified atom stereocenters. The second-order valence-electron chi connectivity index (χ2n) is 5.60. The monoisotopic (exact) mass is 339 g/mol.